The van der Waals surface area contributed by atoms with Crippen molar-refractivity contribution in [2.75, 3.05) is 13.1 Å². The summed E-state index contributed by atoms with van der Waals surface area (Å²) < 4.78 is 48.2. The molecule has 1 aliphatic rings. The second-order valence-corrected chi connectivity index (χ2v) is 8.31. The second-order valence-electron chi connectivity index (χ2n) is 7.91. The van der Waals surface area contributed by atoms with E-state index >= 15 is 4.39 Å². The minimum atomic E-state index is -2.16. The molecule has 1 heterocycles. The number of rotatable bonds is 5. The van der Waals surface area contributed by atoms with Crippen LogP contribution in [0.25, 0.3) is 10.4 Å². The molecule has 0 aromatic heterocycles. The molecule has 0 radical (unpaired) electrons. The van der Waals surface area contributed by atoms with E-state index in [1.54, 1.807) is 20.8 Å². The van der Waals surface area contributed by atoms with Crippen molar-refractivity contribution in [2.24, 2.45) is 5.11 Å². The first-order valence-electron chi connectivity index (χ1n) is 8.96. The van der Waals surface area contributed by atoms with Crippen LogP contribution >= 0.6 is 11.6 Å². The van der Waals surface area contributed by atoms with Crippen LogP contribution in [0.15, 0.2) is 17.2 Å². The fourth-order valence-electron chi connectivity index (χ4n) is 2.98. The van der Waals surface area contributed by atoms with Gasteiger partial charge in [-0.1, -0.05) is 16.7 Å². The van der Waals surface area contributed by atoms with E-state index in [1.165, 1.54) is 0 Å². The highest BCUT2D eigenvalue weighted by Gasteiger charge is 2.50. The Morgan fingerprint density at radius 1 is 1.43 bits per heavy atom. The first-order chi connectivity index (χ1) is 13.9. The van der Waals surface area contributed by atoms with E-state index in [-0.39, 0.29) is 5.02 Å². The van der Waals surface area contributed by atoms with E-state index in [0.717, 1.165) is 17.0 Å². The van der Waals surface area contributed by atoms with Gasteiger partial charge in [0, 0.05) is 23.4 Å². The molecule has 1 N–H and O–H groups in total. The maximum atomic E-state index is 15.1. The number of amides is 2. The van der Waals surface area contributed by atoms with Crippen LogP contribution in [0.5, 0.6) is 0 Å². The summed E-state index contributed by atoms with van der Waals surface area (Å²) in [5.41, 5.74) is 4.92. The fourth-order valence-corrected chi connectivity index (χ4v) is 3.16. The van der Waals surface area contributed by atoms with Crippen molar-refractivity contribution >= 4 is 23.6 Å². The van der Waals surface area contributed by atoms with Gasteiger partial charge in [0.15, 0.2) is 0 Å². The Bertz CT molecular complexity index is 889. The highest BCUT2D eigenvalue weighted by atomic mass is 35.5. The zero-order chi connectivity index (χ0) is 22.7. The molecule has 1 aliphatic heterocycles. The van der Waals surface area contributed by atoms with Gasteiger partial charge >= 0.3 is 6.09 Å². The van der Waals surface area contributed by atoms with Gasteiger partial charge < -0.3 is 10.1 Å². The van der Waals surface area contributed by atoms with E-state index in [4.69, 9.17) is 21.9 Å². The Kier molecular flexibility index (Phi) is 7.10. The van der Waals surface area contributed by atoms with Gasteiger partial charge in [-0.2, -0.15) is 0 Å². The summed E-state index contributed by atoms with van der Waals surface area (Å²) >= 11 is 5.63. The second kappa shape index (κ2) is 9.01. The number of likely N-dealkylation sites (tertiary alicyclic amines) is 1. The van der Waals surface area contributed by atoms with Crippen LogP contribution in [-0.4, -0.2) is 47.3 Å². The molecular weight excluding hydrogens is 427 g/mol. The summed E-state index contributed by atoms with van der Waals surface area (Å²) in [6, 6.07) is 0.650. The third-order valence-electron chi connectivity index (χ3n) is 4.32. The molecule has 8 nitrogen and oxygen atoms in total. The van der Waals surface area contributed by atoms with Gasteiger partial charge in [0.1, 0.15) is 28.9 Å². The van der Waals surface area contributed by atoms with Crippen LogP contribution in [0.4, 0.5) is 18.0 Å². The Labute approximate surface area is 175 Å². The van der Waals surface area contributed by atoms with Crippen LogP contribution in [0, 0.1) is 11.6 Å². The average molecular weight is 448 g/mol. The smallest absolute Gasteiger partial charge is 0.411 e. The topological polar surface area (TPSA) is 107 Å². The number of ether oxygens (including phenoxy) is 1. The van der Waals surface area contributed by atoms with Gasteiger partial charge in [-0.05, 0) is 38.4 Å². The molecule has 0 saturated carbocycles. The fraction of sp³-hybridized carbons (Fsp3) is 0.556. The molecule has 12 heteroatoms. The molecule has 0 aliphatic carbocycles. The number of hydrogen-bond acceptors (Lipinski definition) is 4. The third-order valence-corrected chi connectivity index (χ3v) is 4.61. The van der Waals surface area contributed by atoms with Gasteiger partial charge in [-0.15, -0.1) is 0 Å². The lowest BCUT2D eigenvalue weighted by atomic mass is 10.0. The molecule has 2 amide bonds. The predicted molar refractivity (Wildman–Crippen MR) is 102 cm³/mol. The van der Waals surface area contributed by atoms with Crippen molar-refractivity contribution in [1.82, 2.24) is 10.2 Å². The van der Waals surface area contributed by atoms with Gasteiger partial charge in [0.2, 0.25) is 5.91 Å². The van der Waals surface area contributed by atoms with Crippen molar-refractivity contribution < 1.29 is 27.5 Å². The number of azide groups is 1. The number of carbonyl (C=O) groups is 2. The molecule has 30 heavy (non-hydrogen) atoms. The lowest BCUT2D eigenvalue weighted by Crippen LogP contribution is -2.47. The van der Waals surface area contributed by atoms with Crippen molar-refractivity contribution in [2.45, 2.75) is 51.0 Å². The van der Waals surface area contributed by atoms with Crippen LogP contribution in [-0.2, 0) is 16.1 Å². The molecule has 1 aromatic carbocycles. The Morgan fingerprint density at radius 3 is 2.70 bits per heavy atom. The van der Waals surface area contributed by atoms with Crippen LogP contribution in [0.1, 0.15) is 32.8 Å². The van der Waals surface area contributed by atoms with E-state index in [2.05, 4.69) is 15.3 Å². The molecule has 1 fully saturated rings. The minimum absolute atomic E-state index is 0.325. The van der Waals surface area contributed by atoms with E-state index < -0.39 is 72.6 Å². The highest BCUT2D eigenvalue weighted by Crippen LogP contribution is 2.33. The highest BCUT2D eigenvalue weighted by molar-refractivity contribution is 6.30. The summed E-state index contributed by atoms with van der Waals surface area (Å²) in [6.07, 6.45) is -1.42. The van der Waals surface area contributed by atoms with E-state index in [0.29, 0.717) is 0 Å². The quantitative estimate of drug-likeness (QED) is 0.315. The summed E-state index contributed by atoms with van der Waals surface area (Å²) in [6.45, 7) is 3.10. The maximum absolute atomic E-state index is 15.1. The van der Waals surface area contributed by atoms with Gasteiger partial charge in [0.05, 0.1) is 18.1 Å². The number of benzene rings is 1. The van der Waals surface area contributed by atoms with Crippen LogP contribution in [0.3, 0.4) is 0 Å². The van der Waals surface area contributed by atoms with Gasteiger partial charge in [0.25, 0.3) is 0 Å². The molecule has 0 spiro atoms. The molecule has 0 unspecified atom stereocenters. The first kappa shape index (κ1) is 23.6. The van der Waals surface area contributed by atoms with Gasteiger partial charge in [-0.3, -0.25) is 9.69 Å². The largest absolute Gasteiger partial charge is 0.444 e. The number of halogens is 4. The number of nitrogens with one attached hydrogen (secondary N) is 1. The van der Waals surface area contributed by atoms with Crippen LogP contribution in [0.2, 0.25) is 5.02 Å². The Balaban J connectivity index is 2.21. The molecule has 164 valence electrons. The first-order valence-corrected chi connectivity index (χ1v) is 9.34. The molecule has 1 aromatic rings. The number of hydrogen-bond donors (Lipinski definition) is 1. The summed E-state index contributed by atoms with van der Waals surface area (Å²) in [4.78, 5) is 28.5. The van der Waals surface area contributed by atoms with E-state index in [1.807, 2.05) is 0 Å². The molecule has 2 atom stereocenters. The molecule has 2 rings (SSSR count). The number of alkyl halides is 1. The number of nitrogens with zero attached hydrogens (tertiary/aromatic N) is 4. The predicted octanol–water partition coefficient (Wildman–Crippen LogP) is 4.26. The number of carbonyl (C=O) groups excluding carboxylic acids is 2. The maximum Gasteiger partial charge on any atom is 0.411 e. The monoisotopic (exact) mass is 447 g/mol. The minimum Gasteiger partial charge on any atom is -0.444 e. The van der Waals surface area contributed by atoms with E-state index in [9.17, 15) is 18.4 Å². The standard InChI is InChI=1S/C18H21ClF3N5O3/c1-17(2,3)30-16(29)27-9-18(22,8-25-26-23)6-13(27)15(28)24-7-10-12(20)5-4-11(19)14(10)21/h4-5,13H,6-9H2,1-3H3,(H,24,28)/t13-,18-/m0/s1. The lowest BCUT2D eigenvalue weighted by molar-refractivity contribution is -0.125. The average Bonchev–Trinajstić information content (AvgIpc) is 3.00. The van der Waals surface area contributed by atoms with Crippen LogP contribution < -0.4 is 5.32 Å². The lowest BCUT2D eigenvalue weighted by Gasteiger charge is -2.28. The van der Waals surface area contributed by atoms with Gasteiger partial charge in [-0.25, -0.2) is 18.0 Å². The third kappa shape index (κ3) is 5.70. The van der Waals surface area contributed by atoms with Crippen molar-refractivity contribution in [3.63, 3.8) is 0 Å². The molecule has 0 bridgehead atoms. The van der Waals surface area contributed by atoms with Crippen molar-refractivity contribution in [1.29, 1.82) is 0 Å². The normalized spacial score (nSPS) is 21.2. The summed E-state index contributed by atoms with van der Waals surface area (Å²) in [5, 5.41) is 5.16. The Hall–Kier alpha value is -2.65. The Morgan fingerprint density at radius 2 is 2.10 bits per heavy atom. The van der Waals surface area contributed by atoms with Crippen molar-refractivity contribution in [3.05, 3.63) is 44.8 Å². The summed E-state index contributed by atoms with van der Waals surface area (Å²) in [7, 11) is 0. The van der Waals surface area contributed by atoms with Crippen molar-refractivity contribution in [3.8, 4) is 0 Å². The zero-order valence-electron chi connectivity index (χ0n) is 16.6. The zero-order valence-corrected chi connectivity index (χ0v) is 17.3. The summed E-state index contributed by atoms with van der Waals surface area (Å²) in [5.74, 6) is -2.80. The molecule has 1 saturated heterocycles. The molecular formula is C18H21ClF3N5O3. The SMILES string of the molecule is CC(C)(C)OC(=O)N1C[C@@](F)(CN=[N+]=[N-])C[C@H]1C(=O)NCc1c(F)ccc(Cl)c1F.